The smallest absolute Gasteiger partial charge is 0.123 e. The fraction of sp³-hybridized carbons (Fsp3) is 0.429. The van der Waals surface area contributed by atoms with Crippen molar-refractivity contribution in [3.05, 3.63) is 63.7 Å². The first kappa shape index (κ1) is 24.8. The quantitative estimate of drug-likeness (QED) is 0.467. The maximum Gasteiger partial charge on any atom is 0.123 e. The average Bonchev–Trinajstić information content (AvgIpc) is 3.22. The molecule has 0 bridgehead atoms. The van der Waals surface area contributed by atoms with Crippen LogP contribution in [0.2, 0.25) is 0 Å². The van der Waals surface area contributed by atoms with E-state index in [0.29, 0.717) is 5.92 Å². The van der Waals surface area contributed by atoms with Gasteiger partial charge in [-0.3, -0.25) is 0 Å². The number of rotatable bonds is 10. The van der Waals surface area contributed by atoms with Gasteiger partial charge in [-0.15, -0.1) is 0 Å². The molecule has 0 saturated carbocycles. The number of aromatic amines is 2. The Morgan fingerprint density at radius 2 is 1.91 bits per heavy atom. The third kappa shape index (κ3) is 5.41. The molecule has 3 rings (SSSR count). The van der Waals surface area contributed by atoms with Gasteiger partial charge < -0.3 is 19.8 Å². The van der Waals surface area contributed by atoms with Gasteiger partial charge in [-0.2, -0.15) is 0 Å². The molecular formula is C28H39FN4. The highest BCUT2D eigenvalue weighted by molar-refractivity contribution is 5.82. The molecule has 33 heavy (non-hydrogen) atoms. The Morgan fingerprint density at radius 1 is 1.18 bits per heavy atom. The largest absolute Gasteiger partial charge is 0.374 e. The van der Waals surface area contributed by atoms with E-state index in [4.69, 9.17) is 0 Å². The van der Waals surface area contributed by atoms with E-state index in [9.17, 15) is 4.39 Å². The molecule has 0 amide bonds. The molecule has 0 saturated heterocycles. The lowest BCUT2D eigenvalue weighted by Crippen LogP contribution is -2.34. The van der Waals surface area contributed by atoms with E-state index < -0.39 is 0 Å². The van der Waals surface area contributed by atoms with Gasteiger partial charge in [0.1, 0.15) is 5.82 Å². The predicted octanol–water partition coefficient (Wildman–Crippen LogP) is 4.76. The fourth-order valence-corrected chi connectivity index (χ4v) is 4.86. The summed E-state index contributed by atoms with van der Waals surface area (Å²) in [6.07, 6.45) is 3.24. The lowest BCUT2D eigenvalue weighted by Gasteiger charge is -2.29. The zero-order valence-corrected chi connectivity index (χ0v) is 21.1. The Bertz CT molecular complexity index is 1230. The number of aryl methyl sites for hydroxylation is 1. The van der Waals surface area contributed by atoms with Crippen LogP contribution in [-0.2, 0) is 0 Å². The van der Waals surface area contributed by atoms with E-state index in [1.165, 1.54) is 12.5 Å². The molecule has 2 aromatic heterocycles. The summed E-state index contributed by atoms with van der Waals surface area (Å²) in [6.45, 7) is 23.8. The number of aromatic nitrogens is 2. The Balaban J connectivity index is 1.87. The summed E-state index contributed by atoms with van der Waals surface area (Å²) < 4.78 is 13.9. The molecule has 3 aromatic rings. The van der Waals surface area contributed by atoms with Gasteiger partial charge in [-0.25, -0.2) is 4.39 Å². The summed E-state index contributed by atoms with van der Waals surface area (Å²) in [5.41, 5.74) is 6.28. The Labute approximate surface area is 197 Å². The zero-order chi connectivity index (χ0) is 24.3. The molecule has 0 aliphatic heterocycles. The van der Waals surface area contributed by atoms with Gasteiger partial charge >= 0.3 is 0 Å². The van der Waals surface area contributed by atoms with E-state index in [-0.39, 0.29) is 5.82 Å². The number of nitrogens with zero attached hydrogens (tertiary/aromatic N) is 2. The zero-order valence-electron chi connectivity index (χ0n) is 21.1. The van der Waals surface area contributed by atoms with Crippen LogP contribution in [0.1, 0.15) is 49.7 Å². The second-order valence-corrected chi connectivity index (χ2v) is 9.34. The van der Waals surface area contributed by atoms with Crippen LogP contribution in [0, 0.1) is 25.6 Å². The molecular weight excluding hydrogens is 411 g/mol. The van der Waals surface area contributed by atoms with E-state index in [1.807, 2.05) is 0 Å². The highest BCUT2D eigenvalue weighted by Crippen LogP contribution is 2.27. The van der Waals surface area contributed by atoms with E-state index in [2.05, 4.69) is 80.7 Å². The summed E-state index contributed by atoms with van der Waals surface area (Å²) in [7, 11) is 2.13. The minimum absolute atomic E-state index is 0.249. The lowest BCUT2D eigenvalue weighted by molar-refractivity contribution is 0.229. The number of halogens is 1. The molecule has 4 nitrogen and oxygen atoms in total. The van der Waals surface area contributed by atoms with Gasteiger partial charge in [0, 0.05) is 64.3 Å². The van der Waals surface area contributed by atoms with Gasteiger partial charge in [0.2, 0.25) is 0 Å². The molecule has 1 unspecified atom stereocenters. The van der Waals surface area contributed by atoms with Gasteiger partial charge in [-0.05, 0) is 69.1 Å². The minimum atomic E-state index is -0.249. The van der Waals surface area contributed by atoms with Crippen molar-refractivity contribution >= 4 is 29.3 Å². The first-order valence-electron chi connectivity index (χ1n) is 12.0. The van der Waals surface area contributed by atoms with Crippen molar-refractivity contribution in [2.75, 3.05) is 33.2 Å². The van der Waals surface area contributed by atoms with E-state index in [0.717, 1.165) is 75.9 Å². The highest BCUT2D eigenvalue weighted by atomic mass is 19.1. The second kappa shape index (κ2) is 10.4. The maximum absolute atomic E-state index is 13.9. The summed E-state index contributed by atoms with van der Waals surface area (Å²) in [5, 5.41) is 2.52. The highest BCUT2D eigenvalue weighted by Gasteiger charge is 2.18. The van der Waals surface area contributed by atoms with E-state index in [1.54, 1.807) is 12.1 Å². The van der Waals surface area contributed by atoms with Crippen LogP contribution in [0.15, 0.2) is 24.8 Å². The van der Waals surface area contributed by atoms with Gasteiger partial charge in [0.25, 0.3) is 0 Å². The molecule has 0 aliphatic rings. The number of hydrogen-bond donors (Lipinski definition) is 2. The minimum Gasteiger partial charge on any atom is -0.374 e. The molecule has 0 fully saturated rings. The second-order valence-electron chi connectivity index (χ2n) is 9.34. The summed E-state index contributed by atoms with van der Waals surface area (Å²) in [4.78, 5) is 11.6. The first-order valence-corrected chi connectivity index (χ1v) is 12.0. The van der Waals surface area contributed by atoms with Gasteiger partial charge in [0.05, 0.1) is 0 Å². The lowest BCUT2D eigenvalue weighted by atomic mass is 10.0. The molecule has 2 heterocycles. The number of hydrogen-bond acceptors (Lipinski definition) is 2. The normalized spacial score (nSPS) is 13.3. The summed E-state index contributed by atoms with van der Waals surface area (Å²) in [6, 6.07) is 4.78. The molecule has 0 radical (unpaired) electrons. The van der Waals surface area contributed by atoms with Crippen molar-refractivity contribution in [2.24, 2.45) is 5.92 Å². The third-order valence-corrected chi connectivity index (χ3v) is 6.54. The standard InChI is InChI=1S/C28H39FN4/c1-9-13-33(10-2)17-18(3)16-32(8)22(7)28-19(4)27(31-21(28)6)15-24-20(5)30-26-12-11-23(29)14-25(24)26/h11-12,14-15,18,30-31H,5,7,9-10,13,16-17H2,1-4,6,8H3/b24-15+. The average molecular weight is 451 g/mol. The van der Waals surface area contributed by atoms with Gasteiger partial charge in [-0.1, -0.05) is 33.9 Å². The van der Waals surface area contributed by atoms with Crippen LogP contribution in [0.25, 0.3) is 29.3 Å². The van der Waals surface area contributed by atoms with Crippen LogP contribution >= 0.6 is 0 Å². The summed E-state index contributed by atoms with van der Waals surface area (Å²) in [5.74, 6) is 0.291. The van der Waals surface area contributed by atoms with Crippen LogP contribution in [-0.4, -0.2) is 53.0 Å². The molecule has 1 aromatic carbocycles. The fourth-order valence-electron chi connectivity index (χ4n) is 4.86. The Kier molecular flexibility index (Phi) is 7.85. The van der Waals surface area contributed by atoms with Crippen molar-refractivity contribution in [3.8, 4) is 0 Å². The molecule has 5 heteroatoms. The van der Waals surface area contributed by atoms with Crippen molar-refractivity contribution in [1.82, 2.24) is 19.8 Å². The number of H-pyrrole nitrogens is 2. The number of fused-ring (bicyclic) bond motifs is 1. The molecule has 1 atom stereocenters. The van der Waals surface area contributed by atoms with Crippen LogP contribution in [0.4, 0.5) is 4.39 Å². The molecule has 0 spiro atoms. The number of nitrogens with one attached hydrogen (secondary N) is 2. The van der Waals surface area contributed by atoms with Crippen LogP contribution in [0.5, 0.6) is 0 Å². The predicted molar refractivity (Wildman–Crippen MR) is 140 cm³/mol. The third-order valence-electron chi connectivity index (χ3n) is 6.54. The number of benzene rings is 1. The maximum atomic E-state index is 13.9. The Morgan fingerprint density at radius 3 is 2.58 bits per heavy atom. The monoisotopic (exact) mass is 450 g/mol. The molecule has 2 N–H and O–H groups in total. The van der Waals surface area contributed by atoms with Crippen molar-refractivity contribution in [1.29, 1.82) is 0 Å². The van der Waals surface area contributed by atoms with Crippen LogP contribution < -0.4 is 10.6 Å². The van der Waals surface area contributed by atoms with Crippen molar-refractivity contribution in [3.63, 3.8) is 0 Å². The molecule has 178 valence electrons. The Hall–Kier alpha value is -2.79. The van der Waals surface area contributed by atoms with Crippen molar-refractivity contribution < 1.29 is 4.39 Å². The summed E-state index contributed by atoms with van der Waals surface area (Å²) >= 11 is 0. The SMILES string of the molecule is C=C(c1c(C)[nH]c(/C=c2\c(=C)[nH]c3ccc(F)cc23)c1C)N(C)CC(C)CN(CC)CCC. The molecule has 0 aliphatic carbocycles. The van der Waals surface area contributed by atoms with Crippen molar-refractivity contribution in [2.45, 2.75) is 41.0 Å². The van der Waals surface area contributed by atoms with E-state index >= 15 is 0 Å². The van der Waals surface area contributed by atoms with Crippen LogP contribution in [0.3, 0.4) is 0 Å². The first-order chi connectivity index (χ1) is 15.7. The van der Waals surface area contributed by atoms with Gasteiger partial charge in [0.15, 0.2) is 0 Å². The topological polar surface area (TPSA) is 38.1 Å².